The zero-order chi connectivity index (χ0) is 13.1. The van der Waals surface area contributed by atoms with Gasteiger partial charge in [0.1, 0.15) is 0 Å². The summed E-state index contributed by atoms with van der Waals surface area (Å²) in [4.78, 5) is 11.9. The SMILES string of the molecule is COCC(C)(C)C(=O)NC1CCC(F)(F)CC1. The Morgan fingerprint density at radius 1 is 1.41 bits per heavy atom. The number of halogens is 2. The molecule has 1 aliphatic carbocycles. The van der Waals surface area contributed by atoms with Crippen LogP contribution in [-0.4, -0.2) is 31.6 Å². The van der Waals surface area contributed by atoms with Crippen LogP contribution < -0.4 is 5.32 Å². The van der Waals surface area contributed by atoms with Crippen molar-refractivity contribution in [3.63, 3.8) is 0 Å². The van der Waals surface area contributed by atoms with E-state index in [0.717, 1.165) is 0 Å². The van der Waals surface area contributed by atoms with Crippen LogP contribution in [0.3, 0.4) is 0 Å². The summed E-state index contributed by atoms with van der Waals surface area (Å²) in [7, 11) is 1.54. The molecule has 0 unspecified atom stereocenters. The molecule has 1 rings (SSSR count). The predicted molar refractivity (Wildman–Crippen MR) is 61.0 cm³/mol. The fourth-order valence-electron chi connectivity index (χ4n) is 1.99. The molecule has 1 saturated carbocycles. The third-order valence-electron chi connectivity index (χ3n) is 3.17. The van der Waals surface area contributed by atoms with E-state index in [-0.39, 0.29) is 24.8 Å². The Hall–Kier alpha value is -0.710. The van der Waals surface area contributed by atoms with Crippen molar-refractivity contribution in [1.29, 1.82) is 0 Å². The van der Waals surface area contributed by atoms with E-state index in [4.69, 9.17) is 4.74 Å². The zero-order valence-corrected chi connectivity index (χ0v) is 10.7. The van der Waals surface area contributed by atoms with Gasteiger partial charge in [0.25, 0.3) is 0 Å². The molecule has 17 heavy (non-hydrogen) atoms. The summed E-state index contributed by atoms with van der Waals surface area (Å²) >= 11 is 0. The number of hydrogen-bond acceptors (Lipinski definition) is 2. The normalized spacial score (nSPS) is 21.2. The Morgan fingerprint density at radius 2 is 1.94 bits per heavy atom. The molecule has 100 valence electrons. The van der Waals surface area contributed by atoms with Gasteiger partial charge in [0, 0.05) is 26.0 Å². The number of carbonyl (C=O) groups excluding carboxylic acids is 1. The van der Waals surface area contributed by atoms with Crippen LogP contribution in [0.1, 0.15) is 39.5 Å². The minimum Gasteiger partial charge on any atom is -0.384 e. The molecule has 1 aliphatic rings. The Balaban J connectivity index is 2.43. The highest BCUT2D eigenvalue weighted by Crippen LogP contribution is 2.33. The van der Waals surface area contributed by atoms with E-state index in [0.29, 0.717) is 19.4 Å². The molecule has 0 aliphatic heterocycles. The van der Waals surface area contributed by atoms with Gasteiger partial charge in [-0.3, -0.25) is 4.79 Å². The maximum absolute atomic E-state index is 12.9. The van der Waals surface area contributed by atoms with Gasteiger partial charge < -0.3 is 10.1 Å². The van der Waals surface area contributed by atoms with E-state index < -0.39 is 11.3 Å². The summed E-state index contributed by atoms with van der Waals surface area (Å²) in [6, 6.07) is -0.127. The van der Waals surface area contributed by atoms with Gasteiger partial charge in [-0.15, -0.1) is 0 Å². The molecule has 1 N–H and O–H groups in total. The van der Waals surface area contributed by atoms with E-state index >= 15 is 0 Å². The zero-order valence-electron chi connectivity index (χ0n) is 10.7. The van der Waals surface area contributed by atoms with Crippen molar-refractivity contribution in [2.24, 2.45) is 5.41 Å². The minimum atomic E-state index is -2.55. The van der Waals surface area contributed by atoms with Gasteiger partial charge in [-0.2, -0.15) is 0 Å². The highest BCUT2D eigenvalue weighted by atomic mass is 19.3. The summed E-state index contributed by atoms with van der Waals surface area (Å²) in [5.41, 5.74) is -0.616. The van der Waals surface area contributed by atoms with Crippen molar-refractivity contribution in [3.05, 3.63) is 0 Å². The van der Waals surface area contributed by atoms with Crippen LogP contribution in [0.5, 0.6) is 0 Å². The number of ether oxygens (including phenoxy) is 1. The van der Waals surface area contributed by atoms with Gasteiger partial charge in [-0.1, -0.05) is 0 Å². The number of methoxy groups -OCH3 is 1. The molecule has 0 spiro atoms. The molecule has 0 heterocycles. The fraction of sp³-hybridized carbons (Fsp3) is 0.917. The van der Waals surface area contributed by atoms with E-state index in [1.165, 1.54) is 7.11 Å². The van der Waals surface area contributed by atoms with E-state index in [9.17, 15) is 13.6 Å². The number of carbonyl (C=O) groups is 1. The summed E-state index contributed by atoms with van der Waals surface area (Å²) in [6.07, 6.45) is 0.426. The first-order valence-corrected chi connectivity index (χ1v) is 5.94. The molecule has 0 aromatic heterocycles. The van der Waals surface area contributed by atoms with Crippen LogP contribution >= 0.6 is 0 Å². The molecule has 0 aromatic rings. The fourth-order valence-corrected chi connectivity index (χ4v) is 1.99. The van der Waals surface area contributed by atoms with Crippen molar-refractivity contribution in [2.45, 2.75) is 51.5 Å². The summed E-state index contributed by atoms with van der Waals surface area (Å²) in [5, 5.41) is 2.83. The topological polar surface area (TPSA) is 38.3 Å². The average molecular weight is 249 g/mol. The molecule has 1 amide bonds. The van der Waals surface area contributed by atoms with Crippen LogP contribution in [0, 0.1) is 5.41 Å². The molecule has 3 nitrogen and oxygen atoms in total. The molecule has 0 aromatic carbocycles. The first-order valence-electron chi connectivity index (χ1n) is 5.94. The monoisotopic (exact) mass is 249 g/mol. The number of hydrogen-bond donors (Lipinski definition) is 1. The van der Waals surface area contributed by atoms with E-state index in [1.54, 1.807) is 13.8 Å². The van der Waals surface area contributed by atoms with Gasteiger partial charge in [-0.25, -0.2) is 8.78 Å². The molecular weight excluding hydrogens is 228 g/mol. The Labute approximate surface area is 101 Å². The van der Waals surface area contributed by atoms with Crippen molar-refractivity contribution >= 4 is 5.91 Å². The molecule has 5 heteroatoms. The quantitative estimate of drug-likeness (QED) is 0.830. The third kappa shape index (κ3) is 4.22. The van der Waals surface area contributed by atoms with Gasteiger partial charge >= 0.3 is 0 Å². The van der Waals surface area contributed by atoms with Crippen LogP contribution in [-0.2, 0) is 9.53 Å². The Bertz CT molecular complexity index is 270. The molecule has 0 radical (unpaired) electrons. The second-order valence-electron chi connectivity index (χ2n) is 5.42. The van der Waals surface area contributed by atoms with Gasteiger partial charge in [-0.05, 0) is 26.7 Å². The smallest absolute Gasteiger partial charge is 0.248 e. The van der Waals surface area contributed by atoms with Crippen LogP contribution in [0.2, 0.25) is 0 Å². The molecular formula is C12H21F2NO2. The highest BCUT2D eigenvalue weighted by molar-refractivity contribution is 5.82. The molecule has 1 fully saturated rings. The largest absolute Gasteiger partial charge is 0.384 e. The lowest BCUT2D eigenvalue weighted by Crippen LogP contribution is -2.47. The lowest BCUT2D eigenvalue weighted by Gasteiger charge is -2.31. The second kappa shape index (κ2) is 5.29. The highest BCUT2D eigenvalue weighted by Gasteiger charge is 2.37. The first kappa shape index (κ1) is 14.4. The maximum atomic E-state index is 12.9. The standard InChI is InChI=1S/C12H21F2NO2/c1-11(2,8-17-3)10(16)15-9-4-6-12(13,14)7-5-9/h9H,4-8H2,1-3H3,(H,15,16). The van der Waals surface area contributed by atoms with Gasteiger partial charge in [0.15, 0.2) is 0 Å². The first-order chi connectivity index (χ1) is 7.77. The Morgan fingerprint density at radius 3 is 2.41 bits per heavy atom. The van der Waals surface area contributed by atoms with E-state index in [1.807, 2.05) is 0 Å². The summed E-state index contributed by atoms with van der Waals surface area (Å²) < 4.78 is 30.8. The third-order valence-corrected chi connectivity index (χ3v) is 3.17. The average Bonchev–Trinajstić information content (AvgIpc) is 2.21. The predicted octanol–water partition coefficient (Wildman–Crippen LogP) is 2.35. The van der Waals surface area contributed by atoms with E-state index in [2.05, 4.69) is 5.32 Å². The van der Waals surface area contributed by atoms with Crippen LogP contribution in [0.15, 0.2) is 0 Å². The second-order valence-corrected chi connectivity index (χ2v) is 5.42. The van der Waals surface area contributed by atoms with Crippen molar-refractivity contribution in [1.82, 2.24) is 5.32 Å². The molecule has 0 atom stereocenters. The van der Waals surface area contributed by atoms with Gasteiger partial charge in [0.05, 0.1) is 12.0 Å². The maximum Gasteiger partial charge on any atom is 0.248 e. The van der Waals surface area contributed by atoms with Gasteiger partial charge in [0.2, 0.25) is 11.8 Å². The van der Waals surface area contributed by atoms with Crippen LogP contribution in [0.25, 0.3) is 0 Å². The lowest BCUT2D eigenvalue weighted by molar-refractivity contribution is -0.133. The number of nitrogens with one attached hydrogen (secondary N) is 1. The number of alkyl halides is 2. The lowest BCUT2D eigenvalue weighted by atomic mass is 9.89. The van der Waals surface area contributed by atoms with Crippen molar-refractivity contribution in [2.75, 3.05) is 13.7 Å². The molecule has 0 saturated heterocycles. The minimum absolute atomic E-state index is 0.127. The number of rotatable bonds is 4. The molecule has 0 bridgehead atoms. The summed E-state index contributed by atoms with van der Waals surface area (Å²) in [5.74, 6) is -2.68. The Kier molecular flexibility index (Phi) is 4.47. The number of amides is 1. The van der Waals surface area contributed by atoms with Crippen molar-refractivity contribution < 1.29 is 18.3 Å². The van der Waals surface area contributed by atoms with Crippen LogP contribution in [0.4, 0.5) is 8.78 Å². The van der Waals surface area contributed by atoms with Crippen molar-refractivity contribution in [3.8, 4) is 0 Å². The summed E-state index contributed by atoms with van der Waals surface area (Å²) in [6.45, 7) is 3.88.